The highest BCUT2D eigenvalue weighted by atomic mass is 16.5. The molecule has 0 aliphatic carbocycles. The number of nitrogens with zero attached hydrogens (tertiary/aromatic N) is 3. The van der Waals surface area contributed by atoms with E-state index in [0.29, 0.717) is 6.04 Å². The summed E-state index contributed by atoms with van der Waals surface area (Å²) in [6.45, 7) is 3.03. The van der Waals surface area contributed by atoms with Crippen molar-refractivity contribution in [3.05, 3.63) is 41.5 Å². The summed E-state index contributed by atoms with van der Waals surface area (Å²) < 4.78 is 16.9. The second-order valence-corrected chi connectivity index (χ2v) is 8.73. The van der Waals surface area contributed by atoms with E-state index in [1.807, 2.05) is 0 Å². The lowest BCUT2D eigenvalue weighted by Gasteiger charge is -2.47. The summed E-state index contributed by atoms with van der Waals surface area (Å²) in [5, 5.41) is 9.60. The van der Waals surface area contributed by atoms with Gasteiger partial charge in [0.05, 0.1) is 28.0 Å². The molecule has 3 aromatic rings. The van der Waals surface area contributed by atoms with Gasteiger partial charge in [0.2, 0.25) is 0 Å². The summed E-state index contributed by atoms with van der Waals surface area (Å²) >= 11 is 0. The fraction of sp³-hybridized carbons (Fsp3) is 0.440. The van der Waals surface area contributed by atoms with Crippen molar-refractivity contribution in [1.29, 1.82) is 0 Å². The van der Waals surface area contributed by atoms with Crippen LogP contribution in [-0.4, -0.2) is 69.6 Å². The molecule has 1 atom stereocenters. The van der Waals surface area contributed by atoms with Crippen molar-refractivity contribution >= 4 is 21.5 Å². The van der Waals surface area contributed by atoms with E-state index >= 15 is 0 Å². The first-order valence-corrected chi connectivity index (χ1v) is 10.9. The Morgan fingerprint density at radius 1 is 0.839 bits per heavy atom. The molecule has 1 fully saturated rings. The third-order valence-electron chi connectivity index (χ3n) is 7.00. The fourth-order valence-electron chi connectivity index (χ4n) is 5.28. The second-order valence-electron chi connectivity index (χ2n) is 8.73. The van der Waals surface area contributed by atoms with Crippen LogP contribution in [-0.2, 0) is 13.0 Å². The quantitative estimate of drug-likeness (QED) is 0.595. The van der Waals surface area contributed by atoms with Gasteiger partial charge in [-0.05, 0) is 69.8 Å². The van der Waals surface area contributed by atoms with Crippen LogP contribution in [0.15, 0.2) is 30.3 Å². The van der Waals surface area contributed by atoms with Gasteiger partial charge in [-0.25, -0.2) is 10.0 Å². The molecule has 0 bridgehead atoms. The van der Waals surface area contributed by atoms with Crippen LogP contribution in [0.3, 0.4) is 0 Å². The molecule has 2 aliphatic heterocycles. The first kappa shape index (κ1) is 20.4. The summed E-state index contributed by atoms with van der Waals surface area (Å²) in [7, 11) is 9.39. The van der Waals surface area contributed by atoms with Gasteiger partial charge in [-0.2, -0.15) is 0 Å². The maximum atomic E-state index is 5.67. The van der Waals surface area contributed by atoms with Gasteiger partial charge >= 0.3 is 0 Å². The van der Waals surface area contributed by atoms with Crippen molar-refractivity contribution in [2.75, 3.05) is 48.6 Å². The van der Waals surface area contributed by atoms with Gasteiger partial charge in [0, 0.05) is 33.2 Å². The van der Waals surface area contributed by atoms with Gasteiger partial charge in [-0.15, -0.1) is 0 Å². The maximum absolute atomic E-state index is 5.67. The molecule has 0 spiro atoms. The lowest BCUT2D eigenvalue weighted by Crippen LogP contribution is -2.56. The Balaban J connectivity index is 1.75. The minimum atomic E-state index is 0.565. The van der Waals surface area contributed by atoms with Crippen LogP contribution >= 0.6 is 0 Å². The van der Waals surface area contributed by atoms with Crippen LogP contribution in [0.5, 0.6) is 17.2 Å². The maximum Gasteiger partial charge on any atom is 0.161 e. The molecule has 0 saturated carbocycles. The molecule has 2 aliphatic rings. The molecule has 5 rings (SSSR count). The number of ether oxygens (including phenoxy) is 3. The molecule has 0 unspecified atom stereocenters. The van der Waals surface area contributed by atoms with Crippen molar-refractivity contribution in [2.45, 2.75) is 25.4 Å². The number of methoxy groups -OCH3 is 3. The lowest BCUT2D eigenvalue weighted by atomic mass is 9.83. The predicted molar refractivity (Wildman–Crippen MR) is 124 cm³/mol. The average molecular weight is 422 g/mol. The van der Waals surface area contributed by atoms with Crippen LogP contribution in [0.4, 0.5) is 0 Å². The highest BCUT2D eigenvalue weighted by Gasteiger charge is 2.34. The highest BCUT2D eigenvalue weighted by molar-refractivity contribution is 6.12. The molecule has 2 heterocycles. The van der Waals surface area contributed by atoms with E-state index in [-0.39, 0.29) is 0 Å². The van der Waals surface area contributed by atoms with Crippen LogP contribution in [0, 0.1) is 0 Å². The molecular weight excluding hydrogens is 390 g/mol. The minimum absolute atomic E-state index is 0.565. The molecule has 6 heteroatoms. The Kier molecular flexibility index (Phi) is 5.16. The Hall–Kier alpha value is -2.54. The van der Waals surface area contributed by atoms with Gasteiger partial charge in [0.15, 0.2) is 11.5 Å². The summed E-state index contributed by atoms with van der Waals surface area (Å²) in [6.07, 6.45) is 2.23. The Morgan fingerprint density at radius 2 is 1.55 bits per heavy atom. The molecule has 164 valence electrons. The molecule has 3 aromatic carbocycles. The van der Waals surface area contributed by atoms with E-state index in [9.17, 15) is 0 Å². The Bertz CT molecular complexity index is 1140. The van der Waals surface area contributed by atoms with E-state index in [1.165, 1.54) is 39.1 Å². The monoisotopic (exact) mass is 421 g/mol. The SMILES string of the molecule is COc1ccc2c3c(c4cc(OC)c(OC)cc4c2c1)C[C@@H]1CCN(N(C)C)CN1C3. The Labute approximate surface area is 183 Å². The van der Waals surface area contributed by atoms with E-state index in [1.54, 1.807) is 21.3 Å². The second kappa shape index (κ2) is 7.86. The number of rotatable bonds is 4. The van der Waals surface area contributed by atoms with Crippen molar-refractivity contribution in [3.63, 3.8) is 0 Å². The van der Waals surface area contributed by atoms with Crippen LogP contribution in [0.25, 0.3) is 21.5 Å². The summed E-state index contributed by atoms with van der Waals surface area (Å²) in [6, 6.07) is 11.3. The van der Waals surface area contributed by atoms with Crippen LogP contribution in [0.2, 0.25) is 0 Å². The standard InChI is InChI=1S/C25H31N3O3/c1-26(2)28-9-8-16-10-19-21-12-24(30-4)25(31-5)13-22(21)20-11-17(29-3)6-7-18(20)23(19)14-27(16)15-28/h6-7,11-13,16H,8-10,14-15H2,1-5H3/t16-/m0/s1. The molecule has 31 heavy (non-hydrogen) atoms. The fourth-order valence-corrected chi connectivity index (χ4v) is 5.28. The number of hydrazine groups is 1. The van der Waals surface area contributed by atoms with Gasteiger partial charge in [-0.3, -0.25) is 4.90 Å². The minimum Gasteiger partial charge on any atom is -0.497 e. The topological polar surface area (TPSA) is 37.4 Å². The number of fused-ring (bicyclic) bond motifs is 7. The van der Waals surface area contributed by atoms with Gasteiger partial charge in [0.1, 0.15) is 5.75 Å². The largest absolute Gasteiger partial charge is 0.497 e. The van der Waals surface area contributed by atoms with Gasteiger partial charge < -0.3 is 14.2 Å². The van der Waals surface area contributed by atoms with Crippen molar-refractivity contribution in [3.8, 4) is 17.2 Å². The smallest absolute Gasteiger partial charge is 0.161 e. The van der Waals surface area contributed by atoms with Gasteiger partial charge in [0.25, 0.3) is 0 Å². The number of benzene rings is 3. The number of hydrogen-bond donors (Lipinski definition) is 0. The third-order valence-corrected chi connectivity index (χ3v) is 7.00. The molecule has 0 radical (unpaired) electrons. The highest BCUT2D eigenvalue weighted by Crippen LogP contribution is 2.43. The van der Waals surface area contributed by atoms with Crippen molar-refractivity contribution in [1.82, 2.24) is 14.9 Å². The van der Waals surface area contributed by atoms with E-state index in [0.717, 1.165) is 43.4 Å². The average Bonchev–Trinajstić information content (AvgIpc) is 2.81. The first-order chi connectivity index (χ1) is 15.0. The predicted octanol–water partition coefficient (Wildman–Crippen LogP) is 3.89. The summed E-state index contributed by atoms with van der Waals surface area (Å²) in [4.78, 5) is 2.63. The first-order valence-electron chi connectivity index (χ1n) is 10.9. The van der Waals surface area contributed by atoms with E-state index in [4.69, 9.17) is 14.2 Å². The zero-order chi connectivity index (χ0) is 21.7. The third kappa shape index (κ3) is 3.30. The molecular formula is C25H31N3O3. The van der Waals surface area contributed by atoms with Crippen molar-refractivity contribution in [2.24, 2.45) is 0 Å². The van der Waals surface area contributed by atoms with Crippen LogP contribution < -0.4 is 14.2 Å². The normalized spacial score (nSPS) is 19.5. The van der Waals surface area contributed by atoms with Gasteiger partial charge in [-0.1, -0.05) is 6.07 Å². The van der Waals surface area contributed by atoms with Crippen LogP contribution in [0.1, 0.15) is 17.5 Å². The summed E-state index contributed by atoms with van der Waals surface area (Å²) in [5.41, 5.74) is 2.88. The molecule has 0 aromatic heterocycles. The van der Waals surface area contributed by atoms with E-state index in [2.05, 4.69) is 59.3 Å². The lowest BCUT2D eigenvalue weighted by molar-refractivity contribution is -0.0803. The zero-order valence-electron chi connectivity index (χ0n) is 19.1. The van der Waals surface area contributed by atoms with Crippen molar-refractivity contribution < 1.29 is 14.2 Å². The molecule has 0 N–H and O–H groups in total. The molecule has 6 nitrogen and oxygen atoms in total. The molecule has 1 saturated heterocycles. The Morgan fingerprint density at radius 3 is 2.23 bits per heavy atom. The summed E-state index contributed by atoms with van der Waals surface area (Å²) in [5.74, 6) is 2.41. The number of hydrogen-bond acceptors (Lipinski definition) is 6. The van der Waals surface area contributed by atoms with E-state index < -0.39 is 0 Å². The molecule has 0 amide bonds. The zero-order valence-corrected chi connectivity index (χ0v) is 19.1.